The highest BCUT2D eigenvalue weighted by molar-refractivity contribution is 5.73. The van der Waals surface area contributed by atoms with Gasteiger partial charge < -0.3 is 14.6 Å². The van der Waals surface area contributed by atoms with E-state index in [-0.39, 0.29) is 23.1 Å². The van der Waals surface area contributed by atoms with Crippen molar-refractivity contribution in [3.63, 3.8) is 0 Å². The van der Waals surface area contributed by atoms with Crippen molar-refractivity contribution in [2.24, 2.45) is 0 Å². The van der Waals surface area contributed by atoms with Gasteiger partial charge in [-0.15, -0.1) is 0 Å². The molecule has 1 amide bonds. The first-order valence-corrected chi connectivity index (χ1v) is 10.7. The number of amides is 1. The van der Waals surface area contributed by atoms with Gasteiger partial charge >= 0.3 is 6.09 Å². The van der Waals surface area contributed by atoms with Crippen molar-refractivity contribution in [3.8, 4) is 5.75 Å². The molecule has 4 rings (SSSR count). The number of hydrogen-bond donors (Lipinski definition) is 1. The maximum atomic E-state index is 12.8. The quantitative estimate of drug-likeness (QED) is 0.675. The number of carbonyl (C=O) groups excluding carboxylic acids is 1. The third kappa shape index (κ3) is 4.19. The molecule has 8 nitrogen and oxygen atoms in total. The number of aryl methyl sites for hydroxylation is 2. The minimum Gasteiger partial charge on any atom is -0.410 e. The van der Waals surface area contributed by atoms with E-state index in [2.05, 4.69) is 10.1 Å². The minimum absolute atomic E-state index is 0.0681. The van der Waals surface area contributed by atoms with E-state index in [0.29, 0.717) is 35.7 Å². The molecule has 2 aromatic heterocycles. The lowest BCUT2D eigenvalue weighted by Crippen LogP contribution is -2.41. The van der Waals surface area contributed by atoms with Crippen LogP contribution in [0.4, 0.5) is 4.79 Å². The van der Waals surface area contributed by atoms with E-state index in [1.807, 2.05) is 52.8 Å². The average Bonchev–Trinajstić information content (AvgIpc) is 3.16. The summed E-state index contributed by atoms with van der Waals surface area (Å²) in [6, 6.07) is 5.62. The van der Waals surface area contributed by atoms with E-state index in [1.165, 1.54) is 0 Å². The molecule has 0 spiro atoms. The van der Waals surface area contributed by atoms with Crippen molar-refractivity contribution in [1.82, 2.24) is 24.6 Å². The predicted molar refractivity (Wildman–Crippen MR) is 119 cm³/mol. The smallest absolute Gasteiger partial charge is 0.410 e. The van der Waals surface area contributed by atoms with E-state index < -0.39 is 0 Å². The summed E-state index contributed by atoms with van der Waals surface area (Å²) in [5, 5.41) is 4.84. The van der Waals surface area contributed by atoms with Crippen LogP contribution in [0.5, 0.6) is 5.75 Å². The third-order valence-corrected chi connectivity index (χ3v) is 5.84. The monoisotopic (exact) mass is 423 g/mol. The Balaban J connectivity index is 1.56. The molecule has 0 saturated carbocycles. The number of nitrogens with one attached hydrogen (secondary N) is 1. The summed E-state index contributed by atoms with van der Waals surface area (Å²) in [5.74, 6) is 1.06. The Kier molecular flexibility index (Phi) is 5.33. The first-order valence-electron chi connectivity index (χ1n) is 10.7. The normalized spacial score (nSPS) is 17.2. The maximum absolute atomic E-state index is 12.8. The van der Waals surface area contributed by atoms with Crippen LogP contribution in [0.2, 0.25) is 0 Å². The summed E-state index contributed by atoms with van der Waals surface area (Å²) in [7, 11) is 0. The fourth-order valence-corrected chi connectivity index (χ4v) is 3.93. The molecular formula is C23H29N5O3. The fraction of sp³-hybridized carbons (Fsp3) is 0.478. The number of likely N-dealkylation sites (tertiary alicyclic amines) is 1. The van der Waals surface area contributed by atoms with E-state index in [9.17, 15) is 9.59 Å². The van der Waals surface area contributed by atoms with Gasteiger partial charge in [0.15, 0.2) is 5.65 Å². The number of ether oxygens (including phenoxy) is 1. The van der Waals surface area contributed by atoms with Gasteiger partial charge in [0.1, 0.15) is 17.0 Å². The standard InChI is InChI=1S/C23H29N5O3/c1-14-8-9-17(11-15(14)2)31-22(30)27-10-6-7-16(13-27)19-25-20-18(21(29)26-19)12-24-28(20)23(3,4)5/h8-9,11-12,16H,6-7,10,13H2,1-5H3,(H,25,26,29). The second kappa shape index (κ2) is 7.83. The first kappa shape index (κ1) is 21.1. The van der Waals surface area contributed by atoms with Crippen LogP contribution in [0.15, 0.2) is 29.2 Å². The van der Waals surface area contributed by atoms with Gasteiger partial charge in [-0.05, 0) is 70.7 Å². The van der Waals surface area contributed by atoms with Gasteiger partial charge in [0, 0.05) is 19.0 Å². The summed E-state index contributed by atoms with van der Waals surface area (Å²) in [4.78, 5) is 34.8. The van der Waals surface area contributed by atoms with Gasteiger partial charge in [-0.3, -0.25) is 4.79 Å². The number of carbonyl (C=O) groups is 1. The molecule has 1 aliphatic heterocycles. The van der Waals surface area contributed by atoms with Crippen LogP contribution in [-0.4, -0.2) is 43.8 Å². The molecule has 8 heteroatoms. The molecule has 1 unspecified atom stereocenters. The number of aromatic amines is 1. The zero-order chi connectivity index (χ0) is 22.3. The third-order valence-electron chi connectivity index (χ3n) is 5.84. The Labute approximate surface area is 181 Å². The average molecular weight is 424 g/mol. The molecule has 0 radical (unpaired) electrons. The Morgan fingerprint density at radius 2 is 2.00 bits per heavy atom. The van der Waals surface area contributed by atoms with E-state index in [1.54, 1.807) is 15.8 Å². The molecule has 31 heavy (non-hydrogen) atoms. The molecule has 1 fully saturated rings. The largest absolute Gasteiger partial charge is 0.415 e. The SMILES string of the molecule is Cc1ccc(OC(=O)N2CCCC(c3nc4c(cnn4C(C)(C)C)c(=O)[nH]3)C2)cc1C. The van der Waals surface area contributed by atoms with Gasteiger partial charge in [-0.1, -0.05) is 6.07 Å². The molecule has 164 valence electrons. The summed E-state index contributed by atoms with van der Waals surface area (Å²) < 4.78 is 7.37. The molecule has 1 N–H and O–H groups in total. The summed E-state index contributed by atoms with van der Waals surface area (Å²) >= 11 is 0. The maximum Gasteiger partial charge on any atom is 0.415 e. The number of aromatic nitrogens is 4. The minimum atomic E-state index is -0.379. The van der Waals surface area contributed by atoms with Crippen LogP contribution in [0.25, 0.3) is 11.0 Å². The second-order valence-corrected chi connectivity index (χ2v) is 9.31. The van der Waals surface area contributed by atoms with Crippen molar-refractivity contribution in [3.05, 3.63) is 51.7 Å². The van der Waals surface area contributed by atoms with Gasteiger partial charge in [0.05, 0.1) is 11.7 Å². The first-order chi connectivity index (χ1) is 14.6. The van der Waals surface area contributed by atoms with Crippen LogP contribution in [0.3, 0.4) is 0 Å². The molecule has 1 saturated heterocycles. The number of fused-ring (bicyclic) bond motifs is 1. The van der Waals surface area contributed by atoms with E-state index in [4.69, 9.17) is 9.72 Å². The Hall–Kier alpha value is -3.16. The topological polar surface area (TPSA) is 93.1 Å². The Morgan fingerprint density at radius 1 is 1.23 bits per heavy atom. The lowest BCUT2D eigenvalue weighted by atomic mass is 9.97. The highest BCUT2D eigenvalue weighted by Crippen LogP contribution is 2.27. The van der Waals surface area contributed by atoms with E-state index in [0.717, 1.165) is 24.0 Å². The highest BCUT2D eigenvalue weighted by Gasteiger charge is 2.29. The van der Waals surface area contributed by atoms with Crippen LogP contribution in [0, 0.1) is 13.8 Å². The van der Waals surface area contributed by atoms with Crippen LogP contribution in [-0.2, 0) is 5.54 Å². The summed E-state index contributed by atoms with van der Waals surface area (Å²) in [5.41, 5.74) is 2.30. The summed E-state index contributed by atoms with van der Waals surface area (Å²) in [6.07, 6.45) is 2.83. The van der Waals surface area contributed by atoms with Crippen LogP contribution >= 0.6 is 0 Å². The number of benzene rings is 1. The number of rotatable bonds is 2. The van der Waals surface area contributed by atoms with Crippen molar-refractivity contribution in [1.29, 1.82) is 0 Å². The van der Waals surface area contributed by atoms with Crippen molar-refractivity contribution in [2.45, 2.75) is 58.9 Å². The molecule has 3 heterocycles. The lowest BCUT2D eigenvalue weighted by Gasteiger charge is -2.31. The molecular weight excluding hydrogens is 394 g/mol. The highest BCUT2D eigenvalue weighted by atomic mass is 16.6. The van der Waals surface area contributed by atoms with Gasteiger partial charge in [-0.25, -0.2) is 14.5 Å². The number of hydrogen-bond acceptors (Lipinski definition) is 5. The molecule has 3 aromatic rings. The predicted octanol–water partition coefficient (Wildman–Crippen LogP) is 3.87. The van der Waals surface area contributed by atoms with Crippen molar-refractivity contribution < 1.29 is 9.53 Å². The van der Waals surface area contributed by atoms with Crippen molar-refractivity contribution >= 4 is 17.1 Å². The number of H-pyrrole nitrogens is 1. The molecule has 1 atom stereocenters. The fourth-order valence-electron chi connectivity index (χ4n) is 3.93. The van der Waals surface area contributed by atoms with Crippen molar-refractivity contribution in [2.75, 3.05) is 13.1 Å². The van der Waals surface area contributed by atoms with Crippen LogP contribution < -0.4 is 10.3 Å². The number of piperidine rings is 1. The lowest BCUT2D eigenvalue weighted by molar-refractivity contribution is 0.136. The summed E-state index contributed by atoms with van der Waals surface area (Å²) in [6.45, 7) is 11.1. The zero-order valence-corrected chi connectivity index (χ0v) is 18.7. The van der Waals surface area contributed by atoms with E-state index >= 15 is 0 Å². The van der Waals surface area contributed by atoms with Gasteiger partial charge in [0.2, 0.25) is 0 Å². The molecule has 0 aliphatic carbocycles. The Bertz CT molecular complexity index is 1190. The van der Waals surface area contributed by atoms with Crippen LogP contribution in [0.1, 0.15) is 56.5 Å². The Morgan fingerprint density at radius 3 is 2.71 bits per heavy atom. The molecule has 0 bridgehead atoms. The number of nitrogens with zero attached hydrogens (tertiary/aromatic N) is 4. The zero-order valence-electron chi connectivity index (χ0n) is 18.7. The molecule has 1 aliphatic rings. The van der Waals surface area contributed by atoms with Gasteiger partial charge in [-0.2, -0.15) is 5.10 Å². The second-order valence-electron chi connectivity index (χ2n) is 9.31. The van der Waals surface area contributed by atoms with Gasteiger partial charge in [0.25, 0.3) is 5.56 Å². The molecule has 1 aromatic carbocycles.